The maximum atomic E-state index is 11.3. The van der Waals surface area contributed by atoms with E-state index >= 15 is 0 Å². The van der Waals surface area contributed by atoms with E-state index in [0.717, 1.165) is 32.7 Å². The summed E-state index contributed by atoms with van der Waals surface area (Å²) in [6, 6.07) is 13.6. The van der Waals surface area contributed by atoms with E-state index in [1.54, 1.807) is 6.07 Å². The molecule has 2 atom stereocenters. The summed E-state index contributed by atoms with van der Waals surface area (Å²) in [5.74, 6) is 0. The second-order valence-electron chi connectivity index (χ2n) is 5.34. The minimum absolute atomic E-state index is 0.0158. The first-order valence-corrected chi connectivity index (χ1v) is 6.54. The summed E-state index contributed by atoms with van der Waals surface area (Å²) in [6.45, 7) is 0. The minimum Gasteiger partial charge on any atom is -0.359 e. The number of hydrogen-bond acceptors (Lipinski definition) is 3. The van der Waals surface area contributed by atoms with Crippen molar-refractivity contribution in [1.29, 1.82) is 0 Å². The molecule has 5 rings (SSSR count). The predicted octanol–water partition coefficient (Wildman–Crippen LogP) is 4.03. The van der Waals surface area contributed by atoms with Crippen LogP contribution < -0.4 is 0 Å². The highest BCUT2D eigenvalue weighted by Gasteiger charge is 2.49. The molecule has 0 amide bonds. The van der Waals surface area contributed by atoms with Gasteiger partial charge in [0.05, 0.1) is 10.5 Å². The highest BCUT2D eigenvalue weighted by molar-refractivity contribution is 6.13. The molecule has 2 unspecified atom stereocenters. The average Bonchev–Trinajstić information content (AvgIpc) is 3.25. The van der Waals surface area contributed by atoms with Crippen molar-refractivity contribution in [3.63, 3.8) is 0 Å². The molecule has 1 aliphatic carbocycles. The Morgan fingerprint density at radius 2 is 1.70 bits per heavy atom. The molecule has 0 bridgehead atoms. The summed E-state index contributed by atoms with van der Waals surface area (Å²) in [5, 5.41) is 15.6. The zero-order chi connectivity index (χ0) is 13.4. The monoisotopic (exact) mass is 263 g/mol. The van der Waals surface area contributed by atoms with E-state index in [1.807, 2.05) is 24.3 Å². The lowest BCUT2D eigenvalue weighted by Gasteiger charge is -2.15. The molecule has 2 aliphatic rings. The van der Waals surface area contributed by atoms with Crippen molar-refractivity contribution in [1.82, 2.24) is 0 Å². The van der Waals surface area contributed by atoms with Crippen LogP contribution >= 0.6 is 0 Å². The van der Waals surface area contributed by atoms with Crippen LogP contribution in [-0.4, -0.2) is 4.92 Å². The van der Waals surface area contributed by atoms with Crippen molar-refractivity contribution in [3.8, 4) is 0 Å². The normalized spacial score (nSPS) is 22.2. The highest BCUT2D eigenvalue weighted by Crippen LogP contribution is 2.60. The molecule has 4 heteroatoms. The van der Waals surface area contributed by atoms with Gasteiger partial charge in [-0.15, -0.1) is 0 Å². The molecule has 1 fully saturated rings. The minimum atomic E-state index is -0.305. The molecule has 3 aromatic rings. The van der Waals surface area contributed by atoms with Gasteiger partial charge in [-0.05, 0) is 27.8 Å². The third-order valence-corrected chi connectivity index (χ3v) is 4.36. The molecule has 0 N–H and O–H groups in total. The van der Waals surface area contributed by atoms with Crippen LogP contribution in [0.25, 0.3) is 21.5 Å². The Bertz CT molecular complexity index is 932. The molecule has 0 saturated carbocycles. The lowest BCUT2D eigenvalue weighted by Crippen LogP contribution is -2.01. The van der Waals surface area contributed by atoms with E-state index in [-0.39, 0.29) is 22.8 Å². The molecule has 0 spiro atoms. The van der Waals surface area contributed by atoms with E-state index in [1.165, 1.54) is 0 Å². The molecule has 3 aromatic carbocycles. The van der Waals surface area contributed by atoms with Crippen LogP contribution in [0, 0.1) is 10.1 Å². The number of ether oxygens (including phenoxy) is 1. The van der Waals surface area contributed by atoms with Gasteiger partial charge in [-0.25, -0.2) is 0 Å². The first-order valence-electron chi connectivity index (χ1n) is 6.54. The van der Waals surface area contributed by atoms with Gasteiger partial charge < -0.3 is 4.74 Å². The van der Waals surface area contributed by atoms with Gasteiger partial charge in [0.25, 0.3) is 5.69 Å². The van der Waals surface area contributed by atoms with Gasteiger partial charge in [0.2, 0.25) is 0 Å². The molecule has 4 nitrogen and oxygen atoms in total. The Morgan fingerprint density at radius 1 is 0.950 bits per heavy atom. The van der Waals surface area contributed by atoms with Gasteiger partial charge in [0.1, 0.15) is 12.2 Å². The molecule has 1 saturated heterocycles. The topological polar surface area (TPSA) is 55.7 Å². The van der Waals surface area contributed by atoms with Crippen LogP contribution in [-0.2, 0) is 4.74 Å². The Morgan fingerprint density at radius 3 is 2.50 bits per heavy atom. The van der Waals surface area contributed by atoms with E-state index < -0.39 is 0 Å². The molecule has 20 heavy (non-hydrogen) atoms. The average molecular weight is 263 g/mol. The number of nitro benzene ring substituents is 1. The van der Waals surface area contributed by atoms with E-state index in [2.05, 4.69) is 12.1 Å². The largest absolute Gasteiger partial charge is 0.359 e. The zero-order valence-electron chi connectivity index (χ0n) is 10.4. The van der Waals surface area contributed by atoms with Crippen LogP contribution in [0.5, 0.6) is 0 Å². The molecule has 1 heterocycles. The predicted molar refractivity (Wildman–Crippen MR) is 74.7 cm³/mol. The number of epoxide rings is 1. The van der Waals surface area contributed by atoms with Crippen LogP contribution in [0.2, 0.25) is 0 Å². The summed E-state index contributed by atoms with van der Waals surface area (Å²) < 4.78 is 5.73. The fraction of sp³-hybridized carbons (Fsp3) is 0.125. The number of nitro groups is 1. The molecular weight excluding hydrogens is 254 g/mol. The van der Waals surface area contributed by atoms with Gasteiger partial charge in [-0.1, -0.05) is 30.3 Å². The number of rotatable bonds is 1. The van der Waals surface area contributed by atoms with Crippen LogP contribution in [0.3, 0.4) is 0 Å². The number of fused-ring (bicyclic) bond motifs is 3. The SMILES string of the molecule is O=[N+]([O-])c1ccc2ccc3cccc4c3c2c1C1OC41. The summed E-state index contributed by atoms with van der Waals surface area (Å²) in [5.41, 5.74) is 2.08. The van der Waals surface area contributed by atoms with Gasteiger partial charge in [-0.3, -0.25) is 10.1 Å². The van der Waals surface area contributed by atoms with E-state index in [0.29, 0.717) is 0 Å². The van der Waals surface area contributed by atoms with E-state index in [9.17, 15) is 10.1 Å². The molecule has 0 radical (unpaired) electrons. The van der Waals surface area contributed by atoms with Crippen LogP contribution in [0.15, 0.2) is 42.5 Å². The molecule has 0 aromatic heterocycles. The Kier molecular flexibility index (Phi) is 1.64. The second kappa shape index (κ2) is 3.16. The molecule has 96 valence electrons. The summed E-state index contributed by atoms with van der Waals surface area (Å²) >= 11 is 0. The van der Waals surface area contributed by atoms with E-state index in [4.69, 9.17) is 4.74 Å². The van der Waals surface area contributed by atoms with Gasteiger partial charge in [0, 0.05) is 11.5 Å². The number of hydrogen-bond donors (Lipinski definition) is 0. The van der Waals surface area contributed by atoms with Crippen molar-refractivity contribution < 1.29 is 9.66 Å². The first-order chi connectivity index (χ1) is 9.75. The lowest BCUT2D eigenvalue weighted by molar-refractivity contribution is -0.385. The number of benzene rings is 3. The van der Waals surface area contributed by atoms with Gasteiger partial charge in [0.15, 0.2) is 0 Å². The Hall–Kier alpha value is -2.46. The Labute approximate surface area is 113 Å². The quantitative estimate of drug-likeness (QED) is 0.288. The third-order valence-electron chi connectivity index (χ3n) is 4.36. The summed E-state index contributed by atoms with van der Waals surface area (Å²) in [6.07, 6.45) is -0.169. The summed E-state index contributed by atoms with van der Waals surface area (Å²) in [7, 11) is 0. The van der Waals surface area contributed by atoms with Crippen molar-refractivity contribution in [2.24, 2.45) is 0 Å². The third kappa shape index (κ3) is 1.07. The van der Waals surface area contributed by atoms with Crippen molar-refractivity contribution >= 4 is 27.2 Å². The summed E-state index contributed by atoms with van der Waals surface area (Å²) in [4.78, 5) is 11.0. The highest BCUT2D eigenvalue weighted by atomic mass is 16.6. The van der Waals surface area contributed by atoms with Gasteiger partial charge >= 0.3 is 0 Å². The number of nitrogens with zero attached hydrogens (tertiary/aromatic N) is 1. The lowest BCUT2D eigenvalue weighted by atomic mass is 9.85. The second-order valence-corrected chi connectivity index (χ2v) is 5.34. The fourth-order valence-corrected chi connectivity index (χ4v) is 3.49. The van der Waals surface area contributed by atoms with Gasteiger partial charge in [-0.2, -0.15) is 0 Å². The smallest absolute Gasteiger partial charge is 0.275 e. The fourth-order valence-electron chi connectivity index (χ4n) is 3.49. The first kappa shape index (κ1) is 10.3. The van der Waals surface area contributed by atoms with Crippen LogP contribution in [0.1, 0.15) is 23.3 Å². The standard InChI is InChI=1S/C16H9NO3/c18-17(19)11-7-6-9-5-4-8-2-1-3-10-12(8)13(9)14(11)16-15(10)20-16/h1-7,15-16H. The maximum Gasteiger partial charge on any atom is 0.275 e. The van der Waals surface area contributed by atoms with Crippen molar-refractivity contribution in [2.75, 3.05) is 0 Å². The zero-order valence-corrected chi connectivity index (χ0v) is 10.4. The van der Waals surface area contributed by atoms with Crippen molar-refractivity contribution in [2.45, 2.75) is 12.2 Å². The Balaban J connectivity index is 2.11. The van der Waals surface area contributed by atoms with Crippen molar-refractivity contribution in [3.05, 3.63) is 63.7 Å². The molecular formula is C16H9NO3. The maximum absolute atomic E-state index is 11.3. The van der Waals surface area contributed by atoms with Crippen LogP contribution in [0.4, 0.5) is 5.69 Å². The molecule has 1 aliphatic heterocycles.